The molecule has 0 aliphatic heterocycles. The summed E-state index contributed by atoms with van der Waals surface area (Å²) in [6, 6.07) is 0. The maximum Gasteiger partial charge on any atom is 0.332 e. The van der Waals surface area contributed by atoms with Gasteiger partial charge in [0.25, 0.3) is 0 Å². The molecule has 126 valence electrons. The molecule has 4 heteroatoms. The number of esters is 1. The lowest BCUT2D eigenvalue weighted by Crippen LogP contribution is -2.12. The third kappa shape index (κ3) is 17.3. The molecule has 0 aromatic rings. The van der Waals surface area contributed by atoms with Crippen molar-refractivity contribution in [2.75, 3.05) is 26.4 Å². The Morgan fingerprint density at radius 3 is 1.76 bits per heavy atom. The zero-order chi connectivity index (χ0) is 15.6. The Bertz CT molecular complexity index is 222. The maximum atomic E-state index is 11.0. The van der Waals surface area contributed by atoms with Gasteiger partial charge in [0.2, 0.25) is 0 Å². The van der Waals surface area contributed by atoms with E-state index in [2.05, 4.69) is 0 Å². The molecule has 0 fully saturated rings. The molecule has 0 aromatic heterocycles. The van der Waals surface area contributed by atoms with Crippen LogP contribution in [0.25, 0.3) is 0 Å². The first-order valence-electron chi connectivity index (χ1n) is 8.74. The molecule has 0 spiro atoms. The van der Waals surface area contributed by atoms with Gasteiger partial charge in [-0.05, 0) is 26.3 Å². The number of ether oxygens (including phenoxy) is 2. The number of hydrogen-bond acceptors (Lipinski definition) is 4. The number of carbonyl (C=O) groups is 1. The Morgan fingerprint density at radius 1 is 0.810 bits per heavy atom. The largest absolute Gasteiger partial charge is 0.464 e. The van der Waals surface area contributed by atoms with E-state index in [1.54, 1.807) is 6.92 Å². The van der Waals surface area contributed by atoms with Crippen molar-refractivity contribution in [1.29, 1.82) is 0 Å². The van der Waals surface area contributed by atoms with Gasteiger partial charge >= 0.3 is 5.97 Å². The Hall–Kier alpha value is -0.610. The van der Waals surface area contributed by atoms with Crippen LogP contribution in [0, 0.1) is 0 Å². The molecule has 0 amide bonds. The fourth-order valence-electron chi connectivity index (χ4n) is 2.30. The minimum atomic E-state index is -0.260. The molecule has 0 heterocycles. The van der Waals surface area contributed by atoms with Crippen molar-refractivity contribution in [3.63, 3.8) is 0 Å². The van der Waals surface area contributed by atoms with Gasteiger partial charge in [0.1, 0.15) is 6.61 Å². The van der Waals surface area contributed by atoms with Gasteiger partial charge in [0.15, 0.2) is 0 Å². The quantitative estimate of drug-likeness (QED) is 0.348. The van der Waals surface area contributed by atoms with Gasteiger partial charge in [-0.3, -0.25) is 0 Å². The van der Waals surface area contributed by atoms with E-state index in [1.165, 1.54) is 64.2 Å². The van der Waals surface area contributed by atoms with Gasteiger partial charge in [-0.15, -0.1) is 0 Å². The topological polar surface area (TPSA) is 61.5 Å². The molecule has 0 atom stereocenters. The summed E-state index contributed by atoms with van der Waals surface area (Å²) in [5.41, 5.74) is 5.46. The van der Waals surface area contributed by atoms with Gasteiger partial charge in [0, 0.05) is 6.61 Å². The summed E-state index contributed by atoms with van der Waals surface area (Å²) < 4.78 is 10.0. The summed E-state index contributed by atoms with van der Waals surface area (Å²) in [7, 11) is 0. The summed E-state index contributed by atoms with van der Waals surface area (Å²) in [4.78, 5) is 11.0. The Morgan fingerprint density at radius 2 is 1.29 bits per heavy atom. The summed E-state index contributed by atoms with van der Waals surface area (Å²) in [6.07, 6.45) is 14.1. The first-order chi connectivity index (χ1) is 10.3. The van der Waals surface area contributed by atoms with Gasteiger partial charge in [0.05, 0.1) is 6.61 Å². The predicted molar refractivity (Wildman–Crippen MR) is 87.3 cm³/mol. The van der Waals surface area contributed by atoms with E-state index in [0.717, 1.165) is 13.0 Å². The first-order valence-corrected chi connectivity index (χ1v) is 8.74. The molecule has 0 radical (unpaired) electrons. The zero-order valence-electron chi connectivity index (χ0n) is 13.9. The molecular formula is C17H35NO3. The number of nitrogens with two attached hydrogens (primary N) is 1. The van der Waals surface area contributed by atoms with Crippen LogP contribution in [0.1, 0.15) is 77.6 Å². The van der Waals surface area contributed by atoms with Crippen LogP contribution in [-0.2, 0) is 14.3 Å². The highest BCUT2D eigenvalue weighted by atomic mass is 16.6. The molecule has 21 heavy (non-hydrogen) atoms. The fourth-order valence-corrected chi connectivity index (χ4v) is 2.30. The van der Waals surface area contributed by atoms with Crippen molar-refractivity contribution < 1.29 is 14.3 Å². The van der Waals surface area contributed by atoms with Gasteiger partial charge in [-0.2, -0.15) is 0 Å². The molecule has 0 saturated carbocycles. The molecule has 0 aliphatic carbocycles. The van der Waals surface area contributed by atoms with Crippen molar-refractivity contribution in [2.45, 2.75) is 77.6 Å². The number of rotatable bonds is 16. The third-order valence-electron chi connectivity index (χ3n) is 3.52. The molecule has 0 saturated heterocycles. The number of hydrogen-bond donors (Lipinski definition) is 1. The summed E-state index contributed by atoms with van der Waals surface area (Å²) in [5.74, 6) is -0.260. The lowest BCUT2D eigenvalue weighted by atomic mass is 10.1. The molecule has 0 aliphatic rings. The monoisotopic (exact) mass is 301 g/mol. The van der Waals surface area contributed by atoms with Crippen LogP contribution in [0.15, 0.2) is 0 Å². The normalized spacial score (nSPS) is 10.8. The fraction of sp³-hybridized carbons (Fsp3) is 0.941. The molecule has 4 nitrogen and oxygen atoms in total. The minimum absolute atomic E-state index is 0.0952. The van der Waals surface area contributed by atoms with Gasteiger partial charge in [-0.25, -0.2) is 4.79 Å². The summed E-state index contributed by atoms with van der Waals surface area (Å²) >= 11 is 0. The molecule has 0 rings (SSSR count). The van der Waals surface area contributed by atoms with Crippen molar-refractivity contribution in [3.8, 4) is 0 Å². The SMILES string of the molecule is CCOC(=O)COCCCCCCCCCCCCCN. The average Bonchev–Trinajstić information content (AvgIpc) is 2.48. The van der Waals surface area contributed by atoms with Crippen LogP contribution in [0.2, 0.25) is 0 Å². The van der Waals surface area contributed by atoms with Crippen molar-refractivity contribution in [2.24, 2.45) is 5.73 Å². The third-order valence-corrected chi connectivity index (χ3v) is 3.52. The molecule has 0 aromatic carbocycles. The highest BCUT2D eigenvalue weighted by molar-refractivity contribution is 5.70. The summed E-state index contributed by atoms with van der Waals surface area (Å²) in [6.45, 7) is 3.83. The van der Waals surface area contributed by atoms with Crippen LogP contribution in [0.3, 0.4) is 0 Å². The Kier molecular flexibility index (Phi) is 16.9. The van der Waals surface area contributed by atoms with Crippen LogP contribution >= 0.6 is 0 Å². The molecule has 2 N–H and O–H groups in total. The Labute approximate surface area is 130 Å². The van der Waals surface area contributed by atoms with E-state index in [9.17, 15) is 4.79 Å². The van der Waals surface area contributed by atoms with Crippen LogP contribution in [0.5, 0.6) is 0 Å². The highest BCUT2D eigenvalue weighted by Crippen LogP contribution is 2.11. The second-order valence-corrected chi connectivity index (χ2v) is 5.54. The molecule has 0 unspecified atom stereocenters. The van der Waals surface area contributed by atoms with Gasteiger partial charge < -0.3 is 15.2 Å². The summed E-state index contributed by atoms with van der Waals surface area (Å²) in [5, 5.41) is 0. The van der Waals surface area contributed by atoms with E-state index < -0.39 is 0 Å². The second-order valence-electron chi connectivity index (χ2n) is 5.54. The van der Waals surface area contributed by atoms with Crippen molar-refractivity contribution >= 4 is 5.97 Å². The Balaban J connectivity index is 3.01. The molecular weight excluding hydrogens is 266 g/mol. The zero-order valence-corrected chi connectivity index (χ0v) is 13.9. The minimum Gasteiger partial charge on any atom is -0.464 e. The lowest BCUT2D eigenvalue weighted by molar-refractivity contribution is -0.148. The van der Waals surface area contributed by atoms with Crippen LogP contribution in [0.4, 0.5) is 0 Å². The molecule has 0 bridgehead atoms. The smallest absolute Gasteiger partial charge is 0.332 e. The van der Waals surface area contributed by atoms with E-state index >= 15 is 0 Å². The second kappa shape index (κ2) is 17.4. The highest BCUT2D eigenvalue weighted by Gasteiger charge is 2.00. The van der Waals surface area contributed by atoms with Crippen molar-refractivity contribution in [1.82, 2.24) is 0 Å². The lowest BCUT2D eigenvalue weighted by Gasteiger charge is -2.04. The van der Waals surface area contributed by atoms with Crippen LogP contribution in [-0.4, -0.2) is 32.3 Å². The van der Waals surface area contributed by atoms with E-state index in [4.69, 9.17) is 15.2 Å². The number of carbonyl (C=O) groups excluding carboxylic acids is 1. The standard InChI is InChI=1S/C17H35NO3/c1-2-21-17(19)16-20-15-13-11-9-7-5-3-4-6-8-10-12-14-18/h2-16,18H2,1H3. The van der Waals surface area contributed by atoms with E-state index in [0.29, 0.717) is 13.2 Å². The number of unbranched alkanes of at least 4 members (excludes halogenated alkanes) is 10. The predicted octanol–water partition coefficient (Wildman–Crippen LogP) is 3.82. The van der Waals surface area contributed by atoms with E-state index in [1.807, 2.05) is 0 Å². The average molecular weight is 301 g/mol. The maximum absolute atomic E-state index is 11.0. The van der Waals surface area contributed by atoms with Crippen molar-refractivity contribution in [3.05, 3.63) is 0 Å². The van der Waals surface area contributed by atoms with E-state index in [-0.39, 0.29) is 12.6 Å². The first kappa shape index (κ1) is 20.4. The van der Waals surface area contributed by atoms with Crippen LogP contribution < -0.4 is 5.73 Å². The van der Waals surface area contributed by atoms with Gasteiger partial charge in [-0.1, -0.05) is 57.8 Å².